The van der Waals surface area contributed by atoms with Crippen LogP contribution in [0, 0.1) is 12.7 Å². The second kappa shape index (κ2) is 8.16. The van der Waals surface area contributed by atoms with Crippen LogP contribution in [0.3, 0.4) is 0 Å². The van der Waals surface area contributed by atoms with Gasteiger partial charge in [-0.1, -0.05) is 12.1 Å². The van der Waals surface area contributed by atoms with E-state index in [1.165, 1.54) is 28.6 Å². The van der Waals surface area contributed by atoms with Gasteiger partial charge < -0.3 is 4.74 Å². The lowest BCUT2D eigenvalue weighted by molar-refractivity contribution is 0.159. The van der Waals surface area contributed by atoms with Crippen LogP contribution in [0.4, 0.5) is 4.39 Å². The summed E-state index contributed by atoms with van der Waals surface area (Å²) in [5.41, 5.74) is 1.15. The first-order valence-electron chi connectivity index (χ1n) is 8.63. The van der Waals surface area contributed by atoms with Crippen LogP contribution < -0.4 is 4.74 Å². The van der Waals surface area contributed by atoms with Gasteiger partial charge in [-0.25, -0.2) is 12.8 Å². The summed E-state index contributed by atoms with van der Waals surface area (Å²) in [6.45, 7) is 5.48. The molecule has 1 fully saturated rings. The van der Waals surface area contributed by atoms with E-state index < -0.39 is 15.8 Å². The zero-order valence-corrected chi connectivity index (χ0v) is 15.6. The number of hydrogen-bond acceptors (Lipinski definition) is 4. The summed E-state index contributed by atoms with van der Waals surface area (Å²) in [6, 6.07) is 12.9. The highest BCUT2D eigenvalue weighted by molar-refractivity contribution is 7.89. The second-order valence-corrected chi connectivity index (χ2v) is 8.30. The molecule has 0 atom stereocenters. The largest absolute Gasteiger partial charge is 0.492 e. The molecule has 0 aliphatic carbocycles. The van der Waals surface area contributed by atoms with Gasteiger partial charge >= 0.3 is 0 Å². The van der Waals surface area contributed by atoms with Gasteiger partial charge in [-0.3, -0.25) is 4.90 Å². The zero-order chi connectivity index (χ0) is 18.6. The van der Waals surface area contributed by atoms with Gasteiger partial charge in [0.25, 0.3) is 0 Å². The fourth-order valence-electron chi connectivity index (χ4n) is 2.95. The van der Waals surface area contributed by atoms with Crippen LogP contribution in [0.15, 0.2) is 53.4 Å². The maximum absolute atomic E-state index is 13.0. The zero-order valence-electron chi connectivity index (χ0n) is 14.8. The van der Waals surface area contributed by atoms with E-state index in [2.05, 4.69) is 4.90 Å². The average Bonchev–Trinajstić information content (AvgIpc) is 2.63. The number of benzene rings is 2. The van der Waals surface area contributed by atoms with E-state index >= 15 is 0 Å². The predicted molar refractivity (Wildman–Crippen MR) is 98.3 cm³/mol. The summed E-state index contributed by atoms with van der Waals surface area (Å²) < 4.78 is 45.4. The molecule has 0 bridgehead atoms. The molecule has 5 nitrogen and oxygen atoms in total. The number of aryl methyl sites for hydroxylation is 1. The normalized spacial score (nSPS) is 16.5. The van der Waals surface area contributed by atoms with Gasteiger partial charge in [0, 0.05) is 32.7 Å². The standard InChI is InChI=1S/C19H23FN2O3S/c1-16-3-2-4-18(15-16)25-14-13-21-9-11-22(12-10-21)26(23,24)19-7-5-17(20)6-8-19/h2-8,15H,9-14H2,1H3. The first-order valence-corrected chi connectivity index (χ1v) is 10.1. The van der Waals surface area contributed by atoms with Crippen LogP contribution in [0.2, 0.25) is 0 Å². The number of ether oxygens (including phenoxy) is 1. The molecule has 2 aromatic rings. The van der Waals surface area contributed by atoms with Crippen molar-refractivity contribution >= 4 is 10.0 Å². The molecule has 26 heavy (non-hydrogen) atoms. The summed E-state index contributed by atoms with van der Waals surface area (Å²) in [5.74, 6) is 0.407. The van der Waals surface area contributed by atoms with E-state index in [0.717, 1.165) is 17.9 Å². The van der Waals surface area contributed by atoms with Crippen LogP contribution >= 0.6 is 0 Å². The lowest BCUT2D eigenvalue weighted by Gasteiger charge is -2.33. The van der Waals surface area contributed by atoms with Crippen LogP contribution in [0.5, 0.6) is 5.75 Å². The summed E-state index contributed by atoms with van der Waals surface area (Å²) in [5, 5.41) is 0. The highest BCUT2D eigenvalue weighted by atomic mass is 32.2. The fourth-order valence-corrected chi connectivity index (χ4v) is 4.37. The SMILES string of the molecule is Cc1cccc(OCCN2CCN(S(=O)(=O)c3ccc(F)cc3)CC2)c1. The average molecular weight is 378 g/mol. The molecule has 1 heterocycles. The lowest BCUT2D eigenvalue weighted by atomic mass is 10.2. The Balaban J connectivity index is 1.48. The topological polar surface area (TPSA) is 49.9 Å². The summed E-state index contributed by atoms with van der Waals surface area (Å²) >= 11 is 0. The van der Waals surface area contributed by atoms with E-state index in [4.69, 9.17) is 4.74 Å². The summed E-state index contributed by atoms with van der Waals surface area (Å²) in [7, 11) is -3.56. The molecule has 0 spiro atoms. The Kier molecular flexibility index (Phi) is 5.90. The summed E-state index contributed by atoms with van der Waals surface area (Å²) in [6.07, 6.45) is 0. The van der Waals surface area contributed by atoms with Crippen molar-refractivity contribution < 1.29 is 17.5 Å². The van der Waals surface area contributed by atoms with E-state index in [1.807, 2.05) is 31.2 Å². The number of hydrogen-bond donors (Lipinski definition) is 0. The quantitative estimate of drug-likeness (QED) is 0.775. The van der Waals surface area contributed by atoms with E-state index in [-0.39, 0.29) is 4.90 Å². The smallest absolute Gasteiger partial charge is 0.243 e. The maximum Gasteiger partial charge on any atom is 0.243 e. The first-order chi connectivity index (χ1) is 12.4. The summed E-state index contributed by atoms with van der Waals surface area (Å²) in [4.78, 5) is 2.32. The van der Waals surface area contributed by atoms with Crippen molar-refractivity contribution in [2.24, 2.45) is 0 Å². The highest BCUT2D eigenvalue weighted by Crippen LogP contribution is 2.18. The maximum atomic E-state index is 13.0. The van der Waals surface area contributed by atoms with Crippen molar-refractivity contribution in [3.05, 3.63) is 59.9 Å². The van der Waals surface area contributed by atoms with Gasteiger partial charge in [0.15, 0.2) is 0 Å². The van der Waals surface area contributed by atoms with Crippen LogP contribution in [-0.4, -0.2) is 57.0 Å². The molecule has 3 rings (SSSR count). The third-order valence-electron chi connectivity index (χ3n) is 4.45. The van der Waals surface area contributed by atoms with E-state index in [1.54, 1.807) is 0 Å². The molecular weight excluding hydrogens is 355 g/mol. The molecule has 140 valence electrons. The van der Waals surface area contributed by atoms with Crippen molar-refractivity contribution in [2.75, 3.05) is 39.3 Å². The predicted octanol–water partition coefficient (Wildman–Crippen LogP) is 2.52. The van der Waals surface area contributed by atoms with E-state index in [9.17, 15) is 12.8 Å². The minimum Gasteiger partial charge on any atom is -0.492 e. The Hall–Kier alpha value is -1.96. The molecule has 0 N–H and O–H groups in total. The lowest BCUT2D eigenvalue weighted by Crippen LogP contribution is -2.49. The van der Waals surface area contributed by atoms with Gasteiger partial charge in [-0.2, -0.15) is 4.31 Å². The Bertz CT molecular complexity index is 832. The Morgan fingerprint density at radius 1 is 1.04 bits per heavy atom. The first kappa shape index (κ1) is 18.8. The van der Waals surface area contributed by atoms with Gasteiger partial charge in [0.2, 0.25) is 10.0 Å². The van der Waals surface area contributed by atoms with Crippen LogP contribution in [-0.2, 0) is 10.0 Å². The molecule has 0 radical (unpaired) electrons. The van der Waals surface area contributed by atoms with Crippen molar-refractivity contribution in [2.45, 2.75) is 11.8 Å². The third kappa shape index (κ3) is 4.60. The molecule has 7 heteroatoms. The molecule has 1 aliphatic heterocycles. The van der Waals surface area contributed by atoms with Crippen molar-refractivity contribution in [3.63, 3.8) is 0 Å². The Labute approximate surface area is 154 Å². The number of sulfonamides is 1. The van der Waals surface area contributed by atoms with Gasteiger partial charge in [-0.05, 0) is 48.9 Å². The Morgan fingerprint density at radius 2 is 1.73 bits per heavy atom. The molecule has 0 saturated carbocycles. The Morgan fingerprint density at radius 3 is 2.38 bits per heavy atom. The molecule has 0 aromatic heterocycles. The van der Waals surface area contributed by atoms with Gasteiger partial charge in [0.1, 0.15) is 18.2 Å². The van der Waals surface area contributed by atoms with Gasteiger partial charge in [-0.15, -0.1) is 0 Å². The minimum atomic E-state index is -3.56. The van der Waals surface area contributed by atoms with Crippen molar-refractivity contribution in [1.29, 1.82) is 0 Å². The molecule has 1 saturated heterocycles. The second-order valence-electron chi connectivity index (χ2n) is 6.36. The molecule has 2 aromatic carbocycles. The third-order valence-corrected chi connectivity index (χ3v) is 6.36. The van der Waals surface area contributed by atoms with Crippen LogP contribution in [0.1, 0.15) is 5.56 Å². The van der Waals surface area contributed by atoms with Gasteiger partial charge in [0.05, 0.1) is 4.90 Å². The number of nitrogens with zero attached hydrogens (tertiary/aromatic N) is 2. The molecule has 0 unspecified atom stereocenters. The van der Waals surface area contributed by atoms with Crippen LogP contribution in [0.25, 0.3) is 0 Å². The van der Waals surface area contributed by atoms with E-state index in [0.29, 0.717) is 32.8 Å². The fraction of sp³-hybridized carbons (Fsp3) is 0.368. The number of piperazine rings is 1. The number of halogens is 1. The monoisotopic (exact) mass is 378 g/mol. The number of rotatable bonds is 6. The molecule has 1 aliphatic rings. The van der Waals surface area contributed by atoms with Crippen molar-refractivity contribution in [3.8, 4) is 5.75 Å². The highest BCUT2D eigenvalue weighted by Gasteiger charge is 2.28. The van der Waals surface area contributed by atoms with Crippen molar-refractivity contribution in [1.82, 2.24) is 9.21 Å². The molecule has 0 amide bonds. The minimum absolute atomic E-state index is 0.134. The molecular formula is C19H23FN2O3S.